The minimum Gasteiger partial charge on any atom is -0.339 e. The van der Waals surface area contributed by atoms with Crippen LogP contribution in [0.3, 0.4) is 0 Å². The fourth-order valence-electron chi connectivity index (χ4n) is 3.40. The van der Waals surface area contributed by atoms with E-state index in [1.165, 1.54) is 11.9 Å². The van der Waals surface area contributed by atoms with Crippen molar-refractivity contribution < 1.29 is 9.32 Å². The molecule has 4 rings (SSSR count). The molecule has 2 aromatic heterocycles. The van der Waals surface area contributed by atoms with Crippen molar-refractivity contribution in [3.8, 4) is 11.4 Å². The van der Waals surface area contributed by atoms with E-state index in [0.29, 0.717) is 42.5 Å². The second kappa shape index (κ2) is 7.53. The SMILES string of the molecule is CC1CN(C(=O)CCc2nc(-c3ccc(C(C)C)cc3)no2)c2ncnn2C1. The van der Waals surface area contributed by atoms with E-state index in [2.05, 4.69) is 53.1 Å². The van der Waals surface area contributed by atoms with Crippen LogP contribution < -0.4 is 4.90 Å². The lowest BCUT2D eigenvalue weighted by atomic mass is 10.0. The fraction of sp³-hybridized carbons (Fsp3) is 0.450. The maximum absolute atomic E-state index is 12.7. The molecule has 1 amide bonds. The van der Waals surface area contributed by atoms with Crippen molar-refractivity contribution in [1.29, 1.82) is 0 Å². The van der Waals surface area contributed by atoms with Crippen LogP contribution in [0.2, 0.25) is 0 Å². The molecule has 1 aliphatic heterocycles. The van der Waals surface area contributed by atoms with Gasteiger partial charge in [0.1, 0.15) is 6.33 Å². The number of fused-ring (bicyclic) bond motifs is 1. The molecule has 3 aromatic rings. The zero-order valence-corrected chi connectivity index (χ0v) is 16.4. The largest absolute Gasteiger partial charge is 0.339 e. The van der Waals surface area contributed by atoms with E-state index in [9.17, 15) is 4.79 Å². The van der Waals surface area contributed by atoms with E-state index in [0.717, 1.165) is 12.1 Å². The molecule has 0 fully saturated rings. The van der Waals surface area contributed by atoms with Gasteiger partial charge in [-0.2, -0.15) is 15.1 Å². The van der Waals surface area contributed by atoms with Gasteiger partial charge in [-0.3, -0.25) is 9.69 Å². The number of rotatable bonds is 5. The Morgan fingerprint density at radius 2 is 2.04 bits per heavy atom. The Labute approximate surface area is 163 Å². The number of hydrogen-bond acceptors (Lipinski definition) is 6. The predicted octanol–water partition coefficient (Wildman–Crippen LogP) is 3.07. The van der Waals surface area contributed by atoms with E-state index < -0.39 is 0 Å². The fourth-order valence-corrected chi connectivity index (χ4v) is 3.40. The summed E-state index contributed by atoms with van der Waals surface area (Å²) in [4.78, 5) is 23.1. The molecule has 3 heterocycles. The molecular weight excluding hydrogens is 356 g/mol. The molecule has 0 saturated carbocycles. The number of aromatic nitrogens is 5. The molecule has 0 N–H and O–H groups in total. The molecule has 0 spiro atoms. The van der Waals surface area contributed by atoms with Crippen molar-refractivity contribution in [2.45, 2.75) is 46.1 Å². The number of carbonyl (C=O) groups is 1. The molecular formula is C20H24N6O2. The second-order valence-corrected chi connectivity index (χ2v) is 7.64. The zero-order chi connectivity index (χ0) is 19.7. The van der Waals surface area contributed by atoms with Crippen LogP contribution >= 0.6 is 0 Å². The van der Waals surface area contributed by atoms with Crippen LogP contribution in [0.1, 0.15) is 44.6 Å². The zero-order valence-electron chi connectivity index (χ0n) is 16.4. The third-order valence-electron chi connectivity index (χ3n) is 4.97. The number of carbonyl (C=O) groups excluding carboxylic acids is 1. The predicted molar refractivity (Wildman–Crippen MR) is 104 cm³/mol. The number of hydrogen-bond donors (Lipinski definition) is 0. The molecule has 8 heteroatoms. The lowest BCUT2D eigenvalue weighted by Gasteiger charge is -2.30. The molecule has 28 heavy (non-hydrogen) atoms. The highest BCUT2D eigenvalue weighted by molar-refractivity contribution is 5.91. The summed E-state index contributed by atoms with van der Waals surface area (Å²) < 4.78 is 7.12. The smallest absolute Gasteiger partial charge is 0.230 e. The Hall–Kier alpha value is -3.03. The average Bonchev–Trinajstić information content (AvgIpc) is 3.34. The van der Waals surface area contributed by atoms with Crippen LogP contribution in [0.15, 0.2) is 35.1 Å². The van der Waals surface area contributed by atoms with E-state index in [1.807, 2.05) is 12.1 Å². The van der Waals surface area contributed by atoms with Crippen molar-refractivity contribution in [1.82, 2.24) is 24.9 Å². The number of aryl methyl sites for hydroxylation is 1. The first kappa shape index (κ1) is 18.3. The summed E-state index contributed by atoms with van der Waals surface area (Å²) in [6, 6.07) is 8.15. The molecule has 1 unspecified atom stereocenters. The molecule has 1 aliphatic rings. The van der Waals surface area contributed by atoms with Crippen molar-refractivity contribution in [3.63, 3.8) is 0 Å². The van der Waals surface area contributed by atoms with Gasteiger partial charge < -0.3 is 4.52 Å². The molecule has 146 valence electrons. The van der Waals surface area contributed by atoms with Crippen molar-refractivity contribution in [2.24, 2.45) is 5.92 Å². The maximum Gasteiger partial charge on any atom is 0.230 e. The summed E-state index contributed by atoms with van der Waals surface area (Å²) in [5.74, 6) is 2.42. The van der Waals surface area contributed by atoms with Gasteiger partial charge in [-0.25, -0.2) is 4.68 Å². The quantitative estimate of drug-likeness (QED) is 0.676. The summed E-state index contributed by atoms with van der Waals surface area (Å²) in [5, 5.41) is 8.24. The first-order valence-electron chi connectivity index (χ1n) is 9.62. The first-order valence-corrected chi connectivity index (χ1v) is 9.62. The molecule has 1 atom stereocenters. The van der Waals surface area contributed by atoms with E-state index >= 15 is 0 Å². The van der Waals surface area contributed by atoms with Crippen LogP contribution in [0.4, 0.5) is 5.95 Å². The van der Waals surface area contributed by atoms with Crippen LogP contribution in [-0.2, 0) is 17.8 Å². The highest BCUT2D eigenvalue weighted by atomic mass is 16.5. The number of amides is 1. The van der Waals surface area contributed by atoms with Gasteiger partial charge in [0.15, 0.2) is 0 Å². The van der Waals surface area contributed by atoms with Gasteiger partial charge in [-0.15, -0.1) is 0 Å². The van der Waals surface area contributed by atoms with E-state index in [-0.39, 0.29) is 12.3 Å². The number of nitrogens with zero attached hydrogens (tertiary/aromatic N) is 6. The molecule has 0 aliphatic carbocycles. The Morgan fingerprint density at radius 1 is 1.25 bits per heavy atom. The second-order valence-electron chi connectivity index (χ2n) is 7.64. The number of benzene rings is 1. The van der Waals surface area contributed by atoms with Crippen LogP contribution in [-0.4, -0.2) is 37.4 Å². The Bertz CT molecular complexity index is 959. The summed E-state index contributed by atoms with van der Waals surface area (Å²) in [5.41, 5.74) is 2.17. The summed E-state index contributed by atoms with van der Waals surface area (Å²) in [6.45, 7) is 7.84. The first-order chi connectivity index (χ1) is 13.5. The standard InChI is InChI=1S/C20H24N6O2/c1-13(2)15-4-6-16(7-5-15)19-23-17(28-24-19)8-9-18(27)25-10-14(3)11-26-20(25)21-12-22-26/h4-7,12-14H,8-11H2,1-3H3. The molecule has 0 bridgehead atoms. The van der Waals surface area contributed by atoms with Gasteiger partial charge in [0.05, 0.1) is 0 Å². The lowest BCUT2D eigenvalue weighted by Crippen LogP contribution is -2.42. The minimum atomic E-state index is -0.0122. The highest BCUT2D eigenvalue weighted by Crippen LogP contribution is 2.23. The highest BCUT2D eigenvalue weighted by Gasteiger charge is 2.28. The summed E-state index contributed by atoms with van der Waals surface area (Å²) in [6.07, 6.45) is 2.17. The minimum absolute atomic E-state index is 0.0122. The monoisotopic (exact) mass is 380 g/mol. The Balaban J connectivity index is 1.40. The van der Waals surface area contributed by atoms with Crippen LogP contribution in [0, 0.1) is 5.92 Å². The van der Waals surface area contributed by atoms with Gasteiger partial charge in [0.25, 0.3) is 0 Å². The third-order valence-corrected chi connectivity index (χ3v) is 4.97. The lowest BCUT2D eigenvalue weighted by molar-refractivity contribution is -0.119. The van der Waals surface area contributed by atoms with Gasteiger partial charge >= 0.3 is 0 Å². The Morgan fingerprint density at radius 3 is 2.79 bits per heavy atom. The molecule has 1 aromatic carbocycles. The van der Waals surface area contributed by atoms with Gasteiger partial charge in [0.2, 0.25) is 23.6 Å². The number of anilines is 1. The van der Waals surface area contributed by atoms with Gasteiger partial charge in [-0.05, 0) is 17.4 Å². The third kappa shape index (κ3) is 3.67. The van der Waals surface area contributed by atoms with Crippen molar-refractivity contribution >= 4 is 11.9 Å². The van der Waals surface area contributed by atoms with Crippen LogP contribution in [0.25, 0.3) is 11.4 Å². The van der Waals surface area contributed by atoms with Crippen LogP contribution in [0.5, 0.6) is 0 Å². The summed E-state index contributed by atoms with van der Waals surface area (Å²) in [7, 11) is 0. The maximum atomic E-state index is 12.7. The summed E-state index contributed by atoms with van der Waals surface area (Å²) >= 11 is 0. The van der Waals surface area contributed by atoms with Gasteiger partial charge in [-0.1, -0.05) is 50.2 Å². The van der Waals surface area contributed by atoms with Crippen molar-refractivity contribution in [3.05, 3.63) is 42.0 Å². The topological polar surface area (TPSA) is 89.9 Å². The molecule has 0 saturated heterocycles. The molecule has 8 nitrogen and oxygen atoms in total. The van der Waals surface area contributed by atoms with Crippen molar-refractivity contribution in [2.75, 3.05) is 11.4 Å². The van der Waals surface area contributed by atoms with E-state index in [4.69, 9.17) is 4.52 Å². The van der Waals surface area contributed by atoms with Gasteiger partial charge in [0, 0.05) is 31.5 Å². The molecule has 0 radical (unpaired) electrons. The Kier molecular flexibility index (Phi) is 4.93. The van der Waals surface area contributed by atoms with E-state index in [1.54, 1.807) is 9.58 Å². The average molecular weight is 380 g/mol. The normalized spacial score (nSPS) is 16.4.